The van der Waals surface area contributed by atoms with Crippen LogP contribution in [0, 0.1) is 0 Å². The second-order valence-corrected chi connectivity index (χ2v) is 8.37. The number of hydrogen-bond acceptors (Lipinski definition) is 6. The maximum Gasteiger partial charge on any atom is 0.260 e. The van der Waals surface area contributed by atoms with Crippen LogP contribution in [-0.2, 0) is 11.2 Å². The van der Waals surface area contributed by atoms with Gasteiger partial charge in [0, 0.05) is 24.5 Å². The molecule has 0 saturated carbocycles. The van der Waals surface area contributed by atoms with Gasteiger partial charge in [0.25, 0.3) is 5.91 Å². The van der Waals surface area contributed by atoms with Crippen LogP contribution in [0.15, 0.2) is 53.1 Å². The van der Waals surface area contributed by atoms with Crippen molar-refractivity contribution in [1.82, 2.24) is 9.88 Å². The Labute approximate surface area is 198 Å². The van der Waals surface area contributed by atoms with Crippen molar-refractivity contribution in [1.29, 1.82) is 0 Å². The van der Waals surface area contributed by atoms with Crippen LogP contribution in [0.1, 0.15) is 36.0 Å². The number of benzene rings is 2. The Kier molecular flexibility index (Phi) is 7.40. The fourth-order valence-electron chi connectivity index (χ4n) is 4.03. The summed E-state index contributed by atoms with van der Waals surface area (Å²) in [6, 6.07) is 13.0. The van der Waals surface area contributed by atoms with Crippen LogP contribution in [0.5, 0.6) is 17.2 Å². The summed E-state index contributed by atoms with van der Waals surface area (Å²) >= 11 is 6.07. The average Bonchev–Trinajstić information content (AvgIpc) is 3.30. The molecule has 0 radical (unpaired) electrons. The van der Waals surface area contributed by atoms with Gasteiger partial charge in [-0.3, -0.25) is 4.79 Å². The van der Waals surface area contributed by atoms with E-state index in [-0.39, 0.29) is 18.4 Å². The number of carbonyl (C=O) groups excluding carboxylic acids is 1. The summed E-state index contributed by atoms with van der Waals surface area (Å²) in [5.74, 6) is 2.85. The Morgan fingerprint density at radius 2 is 1.94 bits per heavy atom. The molecule has 7 nitrogen and oxygen atoms in total. The highest BCUT2D eigenvalue weighted by molar-refractivity contribution is 6.30. The number of carbonyl (C=O) groups is 1. The molecule has 0 aliphatic carbocycles. The number of para-hydroxylation sites is 1. The lowest BCUT2D eigenvalue weighted by molar-refractivity contribution is -0.134. The Morgan fingerprint density at radius 1 is 1.18 bits per heavy atom. The molecule has 1 aliphatic heterocycles. The van der Waals surface area contributed by atoms with Crippen LogP contribution in [-0.4, -0.2) is 49.7 Å². The molecular formula is C25H27ClN2O5. The summed E-state index contributed by atoms with van der Waals surface area (Å²) in [5, 5.41) is 0.696. The average molecular weight is 471 g/mol. The third-order valence-electron chi connectivity index (χ3n) is 5.68. The van der Waals surface area contributed by atoms with Crippen LogP contribution in [0.4, 0.5) is 0 Å². The second-order valence-electron chi connectivity index (χ2n) is 7.93. The zero-order chi connectivity index (χ0) is 23.2. The van der Waals surface area contributed by atoms with E-state index in [0.29, 0.717) is 47.7 Å². The smallest absolute Gasteiger partial charge is 0.260 e. The predicted octanol–water partition coefficient (Wildman–Crippen LogP) is 4.72. The maximum absolute atomic E-state index is 12.9. The first-order valence-electron chi connectivity index (χ1n) is 10.9. The SMILES string of the molecule is COc1cccc(OC)c1OCC(=O)N1CCCC(c2ncc(Cc3cccc(Cl)c3)o2)C1. The molecule has 0 N–H and O–H groups in total. The van der Waals surface area contributed by atoms with E-state index in [4.69, 9.17) is 30.2 Å². The lowest BCUT2D eigenvalue weighted by Gasteiger charge is -2.31. The van der Waals surface area contributed by atoms with Crippen LogP contribution in [0.2, 0.25) is 5.02 Å². The molecule has 1 aromatic heterocycles. The molecule has 2 heterocycles. The summed E-state index contributed by atoms with van der Waals surface area (Å²) in [6.07, 6.45) is 4.17. The number of hydrogen-bond donors (Lipinski definition) is 0. The van der Waals surface area contributed by atoms with E-state index < -0.39 is 0 Å². The topological polar surface area (TPSA) is 74.0 Å². The Hall–Kier alpha value is -3.19. The van der Waals surface area contributed by atoms with Gasteiger partial charge >= 0.3 is 0 Å². The third-order valence-corrected chi connectivity index (χ3v) is 5.92. The van der Waals surface area contributed by atoms with Crippen molar-refractivity contribution in [2.45, 2.75) is 25.2 Å². The quantitative estimate of drug-likeness (QED) is 0.474. The van der Waals surface area contributed by atoms with E-state index in [1.54, 1.807) is 43.5 Å². The molecule has 1 amide bonds. The number of amides is 1. The first kappa shape index (κ1) is 23.0. The van der Waals surface area contributed by atoms with Crippen molar-refractivity contribution in [2.24, 2.45) is 0 Å². The van der Waals surface area contributed by atoms with Gasteiger partial charge in [0.2, 0.25) is 5.75 Å². The summed E-state index contributed by atoms with van der Waals surface area (Å²) in [5.41, 5.74) is 1.06. The predicted molar refractivity (Wildman–Crippen MR) is 124 cm³/mol. The fourth-order valence-corrected chi connectivity index (χ4v) is 4.24. The molecule has 0 bridgehead atoms. The first-order valence-corrected chi connectivity index (χ1v) is 11.3. The molecule has 174 valence electrons. The monoisotopic (exact) mass is 470 g/mol. The van der Waals surface area contributed by atoms with E-state index in [1.807, 2.05) is 24.3 Å². The molecule has 1 fully saturated rings. The van der Waals surface area contributed by atoms with E-state index in [2.05, 4.69) is 4.98 Å². The molecule has 0 spiro atoms. The van der Waals surface area contributed by atoms with Crippen LogP contribution < -0.4 is 14.2 Å². The van der Waals surface area contributed by atoms with Gasteiger partial charge in [-0.25, -0.2) is 4.98 Å². The van der Waals surface area contributed by atoms with Crippen molar-refractivity contribution in [3.05, 3.63) is 70.9 Å². The molecule has 1 atom stereocenters. The highest BCUT2D eigenvalue weighted by Crippen LogP contribution is 2.37. The standard InChI is InChI=1S/C25H27ClN2O5/c1-30-21-9-4-10-22(31-2)24(21)32-16-23(29)28-11-5-7-18(15-28)25-27-14-20(33-25)13-17-6-3-8-19(26)12-17/h3-4,6,8-10,12,14,18H,5,7,11,13,15-16H2,1-2H3. The van der Waals surface area contributed by atoms with Crippen LogP contribution in [0.25, 0.3) is 0 Å². The van der Waals surface area contributed by atoms with Gasteiger partial charge in [0.1, 0.15) is 5.76 Å². The minimum absolute atomic E-state index is 0.0524. The molecule has 3 aromatic rings. The first-order chi connectivity index (χ1) is 16.1. The zero-order valence-electron chi connectivity index (χ0n) is 18.8. The highest BCUT2D eigenvalue weighted by Gasteiger charge is 2.28. The van der Waals surface area contributed by atoms with E-state index in [0.717, 1.165) is 24.2 Å². The van der Waals surface area contributed by atoms with Gasteiger partial charge in [0.05, 0.1) is 26.3 Å². The van der Waals surface area contributed by atoms with Gasteiger partial charge in [0.15, 0.2) is 24.0 Å². The van der Waals surface area contributed by atoms with Gasteiger partial charge in [-0.1, -0.05) is 29.8 Å². The molecule has 2 aromatic carbocycles. The van der Waals surface area contributed by atoms with E-state index in [1.165, 1.54) is 0 Å². The maximum atomic E-state index is 12.9. The Bertz CT molecular complexity index is 1080. The van der Waals surface area contributed by atoms with E-state index >= 15 is 0 Å². The minimum atomic E-state index is -0.102. The number of likely N-dealkylation sites (tertiary alicyclic amines) is 1. The number of ether oxygens (including phenoxy) is 3. The van der Waals surface area contributed by atoms with Gasteiger partial charge in [-0.05, 0) is 42.7 Å². The number of oxazole rings is 1. The lowest BCUT2D eigenvalue weighted by atomic mass is 9.98. The number of methoxy groups -OCH3 is 2. The van der Waals surface area contributed by atoms with Crippen molar-refractivity contribution in [3.8, 4) is 17.2 Å². The summed E-state index contributed by atoms with van der Waals surface area (Å²) in [4.78, 5) is 19.2. The third kappa shape index (κ3) is 5.60. The van der Waals surface area contributed by atoms with Crippen molar-refractivity contribution < 1.29 is 23.4 Å². The van der Waals surface area contributed by atoms with Crippen LogP contribution in [0.3, 0.4) is 0 Å². The molecule has 1 aliphatic rings. The van der Waals surface area contributed by atoms with Crippen molar-refractivity contribution >= 4 is 17.5 Å². The minimum Gasteiger partial charge on any atom is -0.493 e. The van der Waals surface area contributed by atoms with Gasteiger partial charge in [-0.2, -0.15) is 0 Å². The number of rotatable bonds is 8. The molecule has 8 heteroatoms. The normalized spacial score (nSPS) is 15.8. The zero-order valence-corrected chi connectivity index (χ0v) is 19.5. The highest BCUT2D eigenvalue weighted by atomic mass is 35.5. The summed E-state index contributed by atoms with van der Waals surface area (Å²) < 4.78 is 22.5. The molecule has 1 saturated heterocycles. The number of halogens is 1. The molecule has 1 unspecified atom stereocenters. The number of nitrogens with zero attached hydrogens (tertiary/aromatic N) is 2. The Balaban J connectivity index is 1.37. The second kappa shape index (κ2) is 10.6. The van der Waals surface area contributed by atoms with Gasteiger partial charge < -0.3 is 23.5 Å². The molecular weight excluding hydrogens is 444 g/mol. The fraction of sp³-hybridized carbons (Fsp3) is 0.360. The van der Waals surface area contributed by atoms with E-state index in [9.17, 15) is 4.79 Å². The van der Waals surface area contributed by atoms with Crippen LogP contribution >= 0.6 is 11.6 Å². The summed E-state index contributed by atoms with van der Waals surface area (Å²) in [7, 11) is 3.10. The molecule has 4 rings (SSSR count). The largest absolute Gasteiger partial charge is 0.493 e. The lowest BCUT2D eigenvalue weighted by Crippen LogP contribution is -2.41. The Morgan fingerprint density at radius 3 is 2.67 bits per heavy atom. The number of piperidine rings is 1. The molecule has 33 heavy (non-hydrogen) atoms. The van der Waals surface area contributed by atoms with Crippen molar-refractivity contribution in [2.75, 3.05) is 33.9 Å². The summed E-state index contributed by atoms with van der Waals surface area (Å²) in [6.45, 7) is 1.12. The van der Waals surface area contributed by atoms with Crippen molar-refractivity contribution in [3.63, 3.8) is 0 Å². The number of aromatic nitrogens is 1. The van der Waals surface area contributed by atoms with Gasteiger partial charge in [-0.15, -0.1) is 0 Å².